The molecule has 5 N–H and O–H groups in total. The van der Waals surface area contributed by atoms with E-state index in [0.29, 0.717) is 25.7 Å². The smallest absolute Gasteiger partial charge is 0.225 e. The molecule has 4 aliphatic heterocycles. The molecule has 4 aliphatic rings. The maximum absolute atomic E-state index is 14.4. The number of hydrogen-bond acceptors (Lipinski definition) is 12. The summed E-state index contributed by atoms with van der Waals surface area (Å²) in [5.41, 5.74) is -3.63. The fourth-order valence-corrected chi connectivity index (χ4v) is 9.75. The highest BCUT2D eigenvalue weighted by molar-refractivity contribution is 5.79. The number of hydrogen-bond donors (Lipinski definition) is 5. The summed E-state index contributed by atoms with van der Waals surface area (Å²) < 4.78 is 39.3. The molecule has 4 rings (SSSR count). The first-order chi connectivity index (χ1) is 24.5. The lowest BCUT2D eigenvalue weighted by Gasteiger charge is -2.49. The number of likely N-dealkylation sites (N-methyl/N-ethyl adjacent to an activating group) is 1. The molecule has 13 heteroatoms. The van der Waals surface area contributed by atoms with Crippen LogP contribution in [0.2, 0.25) is 0 Å². The lowest BCUT2D eigenvalue weighted by atomic mass is 9.75. The van der Waals surface area contributed by atoms with E-state index in [9.17, 15) is 25.2 Å². The van der Waals surface area contributed by atoms with Crippen LogP contribution in [0.15, 0.2) is 0 Å². The second-order valence-corrected chi connectivity index (χ2v) is 18.1. The molecule has 0 radical (unpaired) electrons. The molecule has 13 nitrogen and oxygen atoms in total. The molecule has 0 saturated carbocycles. The van der Waals surface area contributed by atoms with Gasteiger partial charge in [-0.15, -0.1) is 0 Å². The largest absolute Gasteiger partial charge is 0.390 e. The zero-order valence-corrected chi connectivity index (χ0v) is 34.9. The summed E-state index contributed by atoms with van der Waals surface area (Å²) in [6, 6.07) is -0.806. The van der Waals surface area contributed by atoms with Crippen molar-refractivity contribution < 1.29 is 53.6 Å². The maximum Gasteiger partial charge on any atom is 0.225 e. The van der Waals surface area contributed by atoms with E-state index >= 15 is 0 Å². The first-order valence-corrected chi connectivity index (χ1v) is 20.2. The van der Waals surface area contributed by atoms with Gasteiger partial charge in [-0.3, -0.25) is 9.69 Å². The van der Waals surface area contributed by atoms with Crippen molar-refractivity contribution in [3.05, 3.63) is 0 Å². The van der Waals surface area contributed by atoms with Gasteiger partial charge in [-0.25, -0.2) is 0 Å². The first-order valence-electron chi connectivity index (χ1n) is 20.2. The van der Waals surface area contributed by atoms with E-state index in [4.69, 9.17) is 28.4 Å². The van der Waals surface area contributed by atoms with Crippen LogP contribution >= 0.6 is 0 Å². The van der Waals surface area contributed by atoms with E-state index in [0.717, 1.165) is 0 Å². The Labute approximate surface area is 318 Å². The van der Waals surface area contributed by atoms with Crippen molar-refractivity contribution in [2.45, 2.75) is 212 Å². The van der Waals surface area contributed by atoms with Gasteiger partial charge in [-0.05, 0) is 80.7 Å². The van der Waals surface area contributed by atoms with Gasteiger partial charge in [0.15, 0.2) is 12.6 Å². The minimum Gasteiger partial charge on any atom is -0.390 e. The van der Waals surface area contributed by atoms with E-state index in [-0.39, 0.29) is 36.4 Å². The van der Waals surface area contributed by atoms with Crippen molar-refractivity contribution in [3.63, 3.8) is 0 Å². The molecule has 4 saturated heterocycles. The highest BCUT2D eigenvalue weighted by Crippen LogP contribution is 2.47. The summed E-state index contributed by atoms with van der Waals surface area (Å²) in [5.74, 6) is -2.26. The molecule has 4 fully saturated rings. The van der Waals surface area contributed by atoms with Gasteiger partial charge >= 0.3 is 0 Å². The van der Waals surface area contributed by atoms with Crippen molar-refractivity contribution in [2.75, 3.05) is 14.2 Å². The summed E-state index contributed by atoms with van der Waals surface area (Å²) in [6.45, 7) is 23.0. The number of aliphatic hydroxyl groups excluding tert-OH is 3. The molecule has 53 heavy (non-hydrogen) atoms. The SMILES string of the molecule is CCC[C@H]1NC(=O)[C@H](C)[C@@H](OC2CC(C)(OC)C(O)C(C)O2)[C@H](C)[C@@H](OC2OC(C)CC(N(C)C(C)C)C2O)[C@]2(C)C[C@@H](C)[C@@H](O2)[C@H](C)[C@@H](O)[C@]1(C)O. The first kappa shape index (κ1) is 44.7. The number of carbonyl (C=O) groups excluding carboxylic acids is 1. The summed E-state index contributed by atoms with van der Waals surface area (Å²) >= 11 is 0. The minimum absolute atomic E-state index is 0.0416. The average molecular weight is 759 g/mol. The van der Waals surface area contributed by atoms with E-state index in [1.54, 1.807) is 27.9 Å². The standard InChI is InChI=1S/C40H74N2O11/c1-15-16-28-40(12,47)33(44)23(6)31-21(4)18-39(11,53-31)35(52-37-30(43)27(17-22(5)49-37)42(13)20(2)3)24(7)32(25(8)36(46)41-28)51-29-19-38(10,48-14)34(45)26(9)50-29/h20-35,37,43-45,47H,15-19H2,1-14H3,(H,41,46)/t21-,22?,23+,24+,25-,26?,27?,28-,29?,30?,31-,32+,33-,34?,35-,37?,38?,39+,40-/m1/s1. The summed E-state index contributed by atoms with van der Waals surface area (Å²) in [6.07, 6.45) is -5.40. The molecular formula is C40H74N2O11. The summed E-state index contributed by atoms with van der Waals surface area (Å²) in [5, 5.41) is 49.8. The molecule has 0 aromatic heterocycles. The van der Waals surface area contributed by atoms with Gasteiger partial charge < -0.3 is 54.2 Å². The van der Waals surface area contributed by atoms with Crippen LogP contribution in [0.3, 0.4) is 0 Å². The predicted molar refractivity (Wildman–Crippen MR) is 200 cm³/mol. The normalized spacial score (nSPS) is 50.4. The molecule has 1 amide bonds. The zero-order chi connectivity index (χ0) is 40.0. The van der Waals surface area contributed by atoms with Gasteiger partial charge in [0.1, 0.15) is 17.8 Å². The molecular weight excluding hydrogens is 684 g/mol. The van der Waals surface area contributed by atoms with Gasteiger partial charge in [0.05, 0.1) is 59.8 Å². The Balaban J connectivity index is 1.85. The van der Waals surface area contributed by atoms with E-state index in [1.807, 2.05) is 48.6 Å². The summed E-state index contributed by atoms with van der Waals surface area (Å²) in [4.78, 5) is 16.5. The topological polar surface area (TPSA) is 169 Å². The molecule has 0 aromatic rings. The van der Waals surface area contributed by atoms with Crippen molar-refractivity contribution in [1.29, 1.82) is 0 Å². The Hall–Kier alpha value is -0.970. The van der Waals surface area contributed by atoms with Gasteiger partial charge in [0, 0.05) is 37.5 Å². The zero-order valence-electron chi connectivity index (χ0n) is 34.9. The number of ether oxygens (including phenoxy) is 6. The number of amides is 1. The van der Waals surface area contributed by atoms with Crippen LogP contribution in [0.25, 0.3) is 0 Å². The quantitative estimate of drug-likeness (QED) is 0.233. The van der Waals surface area contributed by atoms with E-state index < -0.39 is 95.9 Å². The Morgan fingerprint density at radius 2 is 1.60 bits per heavy atom. The fraction of sp³-hybridized carbons (Fsp3) is 0.975. The highest BCUT2D eigenvalue weighted by Gasteiger charge is 2.58. The molecule has 4 heterocycles. The monoisotopic (exact) mass is 759 g/mol. The lowest BCUT2D eigenvalue weighted by molar-refractivity contribution is -0.319. The number of nitrogens with zero attached hydrogens (tertiary/aromatic N) is 1. The van der Waals surface area contributed by atoms with Crippen LogP contribution < -0.4 is 5.32 Å². The minimum atomic E-state index is -1.68. The Bertz CT molecular complexity index is 1210. The van der Waals surface area contributed by atoms with Crippen LogP contribution in [0.5, 0.6) is 0 Å². The number of nitrogens with one attached hydrogen (secondary N) is 1. The number of rotatable bonds is 9. The van der Waals surface area contributed by atoms with Crippen LogP contribution in [0.4, 0.5) is 0 Å². The Morgan fingerprint density at radius 3 is 2.19 bits per heavy atom. The van der Waals surface area contributed by atoms with E-state index in [2.05, 4.69) is 31.0 Å². The lowest BCUT2D eigenvalue weighted by Crippen LogP contribution is -2.62. The third-order valence-corrected chi connectivity index (χ3v) is 13.4. The predicted octanol–water partition coefficient (Wildman–Crippen LogP) is 3.36. The van der Waals surface area contributed by atoms with Crippen LogP contribution in [-0.2, 0) is 33.2 Å². The van der Waals surface area contributed by atoms with Gasteiger partial charge in [0.2, 0.25) is 5.91 Å². The molecule has 19 atom stereocenters. The van der Waals surface area contributed by atoms with Crippen LogP contribution in [0.1, 0.15) is 115 Å². The van der Waals surface area contributed by atoms with Crippen molar-refractivity contribution in [3.8, 4) is 0 Å². The third kappa shape index (κ3) is 9.11. The molecule has 2 bridgehead atoms. The maximum atomic E-state index is 14.4. The average Bonchev–Trinajstić information content (AvgIpc) is 3.41. The number of fused-ring (bicyclic) bond motifs is 2. The van der Waals surface area contributed by atoms with Crippen molar-refractivity contribution in [2.24, 2.45) is 23.7 Å². The number of methoxy groups -OCH3 is 1. The number of carbonyl (C=O) groups is 1. The number of aliphatic hydroxyl groups is 4. The van der Waals surface area contributed by atoms with Gasteiger partial charge in [-0.1, -0.05) is 41.0 Å². The van der Waals surface area contributed by atoms with Crippen LogP contribution in [-0.4, -0.2) is 142 Å². The highest BCUT2D eigenvalue weighted by atomic mass is 16.7. The Morgan fingerprint density at radius 1 is 0.962 bits per heavy atom. The second-order valence-electron chi connectivity index (χ2n) is 18.1. The van der Waals surface area contributed by atoms with E-state index in [1.165, 1.54) is 0 Å². The Kier molecular flexibility index (Phi) is 14.6. The third-order valence-electron chi connectivity index (χ3n) is 13.4. The summed E-state index contributed by atoms with van der Waals surface area (Å²) in [7, 11) is 3.54. The van der Waals surface area contributed by atoms with Gasteiger partial charge in [-0.2, -0.15) is 0 Å². The van der Waals surface area contributed by atoms with Crippen LogP contribution in [0, 0.1) is 23.7 Å². The molecule has 8 unspecified atom stereocenters. The molecule has 0 spiro atoms. The van der Waals surface area contributed by atoms with Gasteiger partial charge in [0.25, 0.3) is 0 Å². The second kappa shape index (κ2) is 17.3. The molecule has 0 aromatic carbocycles. The molecule has 0 aliphatic carbocycles. The fourth-order valence-electron chi connectivity index (χ4n) is 9.75. The van der Waals surface area contributed by atoms with Crippen molar-refractivity contribution in [1.82, 2.24) is 10.2 Å². The van der Waals surface area contributed by atoms with Crippen molar-refractivity contribution >= 4 is 5.91 Å². The molecule has 310 valence electrons.